The van der Waals surface area contributed by atoms with E-state index < -0.39 is 10.0 Å². The number of hydrogen-bond acceptors (Lipinski definition) is 6. The largest absolute Gasteiger partial charge is 0.495 e. The van der Waals surface area contributed by atoms with Gasteiger partial charge in [0.15, 0.2) is 0 Å². The minimum Gasteiger partial charge on any atom is -0.495 e. The molecule has 8 nitrogen and oxygen atoms in total. The van der Waals surface area contributed by atoms with E-state index in [0.717, 1.165) is 10.6 Å². The van der Waals surface area contributed by atoms with Gasteiger partial charge in [-0.3, -0.25) is 9.59 Å². The van der Waals surface area contributed by atoms with Crippen molar-refractivity contribution >= 4 is 33.2 Å². The van der Waals surface area contributed by atoms with E-state index in [2.05, 4.69) is 0 Å². The molecular weight excluding hydrogens is 425 g/mol. The summed E-state index contributed by atoms with van der Waals surface area (Å²) in [6, 6.07) is 10.3. The van der Waals surface area contributed by atoms with Crippen LogP contribution in [-0.2, 0) is 19.6 Å². The minimum absolute atomic E-state index is 0.00830. The van der Waals surface area contributed by atoms with E-state index in [4.69, 9.17) is 4.74 Å². The number of benzene rings is 2. The van der Waals surface area contributed by atoms with Crippen molar-refractivity contribution in [2.24, 2.45) is 0 Å². The molecule has 164 valence electrons. The van der Waals surface area contributed by atoms with Crippen molar-refractivity contribution < 1.29 is 27.1 Å². The molecule has 0 unspecified atom stereocenters. The molecule has 2 saturated heterocycles. The monoisotopic (exact) mass is 447 g/mol. The summed E-state index contributed by atoms with van der Waals surface area (Å²) in [7, 11) is -2.45. The van der Waals surface area contributed by atoms with Crippen LogP contribution in [0.4, 0.5) is 15.8 Å². The number of ether oxygens (including phenoxy) is 1. The molecule has 0 aromatic heterocycles. The summed E-state index contributed by atoms with van der Waals surface area (Å²) < 4.78 is 46.2. The molecule has 2 fully saturated rings. The molecular formula is C21H22FN3O5S. The molecule has 2 amide bonds. The Balaban J connectivity index is 1.56. The van der Waals surface area contributed by atoms with Gasteiger partial charge in [0.25, 0.3) is 0 Å². The summed E-state index contributed by atoms with van der Waals surface area (Å²) >= 11 is 0. The van der Waals surface area contributed by atoms with Crippen LogP contribution in [0.25, 0.3) is 0 Å². The molecule has 2 aliphatic heterocycles. The first kappa shape index (κ1) is 21.3. The highest BCUT2D eigenvalue weighted by Gasteiger charge is 2.35. The zero-order valence-corrected chi connectivity index (χ0v) is 17.8. The fourth-order valence-electron chi connectivity index (χ4n) is 3.84. The Bertz CT molecular complexity index is 1100. The van der Waals surface area contributed by atoms with Gasteiger partial charge >= 0.3 is 0 Å². The number of rotatable bonds is 5. The topological polar surface area (TPSA) is 87.2 Å². The molecule has 2 aliphatic rings. The average Bonchev–Trinajstić information content (AvgIpc) is 3.11. The zero-order valence-electron chi connectivity index (χ0n) is 17.0. The molecule has 10 heteroatoms. The van der Waals surface area contributed by atoms with Crippen molar-refractivity contribution in [3.8, 4) is 5.75 Å². The number of piperazine rings is 1. The summed E-state index contributed by atoms with van der Waals surface area (Å²) in [5.41, 5.74) is 0.970. The van der Waals surface area contributed by atoms with Gasteiger partial charge in [-0.05, 0) is 42.5 Å². The van der Waals surface area contributed by atoms with Crippen LogP contribution in [0.1, 0.15) is 12.8 Å². The number of imide groups is 1. The van der Waals surface area contributed by atoms with Gasteiger partial charge in [0.2, 0.25) is 21.8 Å². The molecule has 31 heavy (non-hydrogen) atoms. The molecule has 0 atom stereocenters. The van der Waals surface area contributed by atoms with Crippen molar-refractivity contribution in [2.75, 3.05) is 43.1 Å². The first-order valence-electron chi connectivity index (χ1n) is 9.86. The quantitative estimate of drug-likeness (QED) is 0.652. The van der Waals surface area contributed by atoms with Gasteiger partial charge in [-0.25, -0.2) is 17.7 Å². The van der Waals surface area contributed by atoms with Crippen LogP contribution in [0, 0.1) is 5.82 Å². The van der Waals surface area contributed by atoms with Gasteiger partial charge in [-0.1, -0.05) is 0 Å². The fraction of sp³-hybridized carbons (Fsp3) is 0.333. The van der Waals surface area contributed by atoms with E-state index in [-0.39, 0.29) is 59.9 Å². The van der Waals surface area contributed by atoms with Gasteiger partial charge in [-0.2, -0.15) is 4.31 Å². The lowest BCUT2D eigenvalue weighted by Crippen LogP contribution is -2.48. The van der Waals surface area contributed by atoms with Gasteiger partial charge < -0.3 is 9.64 Å². The van der Waals surface area contributed by atoms with Crippen molar-refractivity contribution in [3.05, 3.63) is 48.3 Å². The van der Waals surface area contributed by atoms with Crippen molar-refractivity contribution in [1.29, 1.82) is 0 Å². The minimum atomic E-state index is -3.84. The molecule has 2 heterocycles. The maximum Gasteiger partial charge on any atom is 0.243 e. The maximum absolute atomic E-state index is 13.2. The lowest BCUT2D eigenvalue weighted by molar-refractivity contribution is -0.121. The Morgan fingerprint density at radius 2 is 1.52 bits per heavy atom. The highest BCUT2D eigenvalue weighted by molar-refractivity contribution is 7.89. The standard InChI is InChI=1S/C21H22FN3O5S/c1-30-19-7-6-17(14-18(19)25-20(26)8-9-21(25)27)31(28,29)24-12-10-23(11-13-24)16-4-2-15(22)3-5-16/h2-7,14H,8-13H2,1H3. The average molecular weight is 447 g/mol. The highest BCUT2D eigenvalue weighted by atomic mass is 32.2. The van der Waals surface area contributed by atoms with Gasteiger partial charge in [0, 0.05) is 44.7 Å². The normalized spacial score (nSPS) is 18.0. The van der Waals surface area contributed by atoms with E-state index in [0.29, 0.717) is 13.1 Å². The number of halogens is 1. The number of anilines is 2. The third kappa shape index (κ3) is 4.00. The number of methoxy groups -OCH3 is 1. The Labute approximate surface area is 179 Å². The number of nitrogens with zero attached hydrogens (tertiary/aromatic N) is 3. The second kappa shape index (κ2) is 8.27. The summed E-state index contributed by atoms with van der Waals surface area (Å²) in [5, 5.41) is 0. The van der Waals surface area contributed by atoms with Crippen LogP contribution in [0.3, 0.4) is 0 Å². The zero-order chi connectivity index (χ0) is 22.2. The van der Waals surface area contributed by atoms with E-state index in [1.807, 2.05) is 4.90 Å². The fourth-order valence-corrected chi connectivity index (χ4v) is 5.28. The van der Waals surface area contributed by atoms with E-state index in [9.17, 15) is 22.4 Å². The first-order valence-corrected chi connectivity index (χ1v) is 11.3. The smallest absolute Gasteiger partial charge is 0.243 e. The van der Waals surface area contributed by atoms with Crippen LogP contribution in [-0.4, -0.2) is 57.8 Å². The van der Waals surface area contributed by atoms with Gasteiger partial charge in [0.05, 0.1) is 17.7 Å². The second-order valence-corrected chi connectivity index (χ2v) is 9.26. The van der Waals surface area contributed by atoms with E-state index >= 15 is 0 Å². The predicted octanol–water partition coefficient (Wildman–Crippen LogP) is 2.00. The summed E-state index contributed by atoms with van der Waals surface area (Å²) in [6.07, 6.45) is 0.175. The van der Waals surface area contributed by atoms with Crippen molar-refractivity contribution in [2.45, 2.75) is 17.7 Å². The lowest BCUT2D eigenvalue weighted by Gasteiger charge is -2.35. The number of carbonyl (C=O) groups is 2. The molecule has 0 radical (unpaired) electrons. The summed E-state index contributed by atoms with van der Waals surface area (Å²) in [4.78, 5) is 27.3. The van der Waals surface area contributed by atoms with Crippen molar-refractivity contribution in [1.82, 2.24) is 4.31 Å². The Hall–Kier alpha value is -2.98. The van der Waals surface area contributed by atoms with E-state index in [1.165, 1.54) is 41.7 Å². The molecule has 4 rings (SSSR count). The Morgan fingerprint density at radius 3 is 2.10 bits per heavy atom. The van der Waals surface area contributed by atoms with Crippen LogP contribution >= 0.6 is 0 Å². The first-order chi connectivity index (χ1) is 14.8. The van der Waals surface area contributed by atoms with E-state index in [1.54, 1.807) is 12.1 Å². The Kier molecular flexibility index (Phi) is 5.67. The lowest BCUT2D eigenvalue weighted by atomic mass is 10.2. The number of amides is 2. The number of sulfonamides is 1. The van der Waals surface area contributed by atoms with Crippen LogP contribution in [0.15, 0.2) is 47.4 Å². The molecule has 0 spiro atoms. The molecule has 2 aromatic rings. The van der Waals surface area contributed by atoms with Gasteiger partial charge in [0.1, 0.15) is 11.6 Å². The molecule has 0 N–H and O–H groups in total. The summed E-state index contributed by atoms with van der Waals surface area (Å²) in [5.74, 6) is -0.838. The number of hydrogen-bond donors (Lipinski definition) is 0. The number of carbonyl (C=O) groups excluding carboxylic acids is 2. The Morgan fingerprint density at radius 1 is 0.903 bits per heavy atom. The second-order valence-electron chi connectivity index (χ2n) is 7.32. The van der Waals surface area contributed by atoms with Crippen LogP contribution in [0.2, 0.25) is 0 Å². The van der Waals surface area contributed by atoms with Crippen LogP contribution < -0.4 is 14.5 Å². The maximum atomic E-state index is 13.2. The van der Waals surface area contributed by atoms with Gasteiger partial charge in [-0.15, -0.1) is 0 Å². The molecule has 0 aliphatic carbocycles. The summed E-state index contributed by atoms with van der Waals surface area (Å²) in [6.45, 7) is 1.42. The predicted molar refractivity (Wildman–Crippen MR) is 112 cm³/mol. The molecule has 2 aromatic carbocycles. The highest BCUT2D eigenvalue weighted by Crippen LogP contribution is 2.35. The third-order valence-electron chi connectivity index (χ3n) is 5.51. The third-order valence-corrected chi connectivity index (χ3v) is 7.41. The molecule has 0 bridgehead atoms. The SMILES string of the molecule is COc1ccc(S(=O)(=O)N2CCN(c3ccc(F)cc3)CC2)cc1N1C(=O)CCC1=O. The van der Waals surface area contributed by atoms with Crippen molar-refractivity contribution in [3.63, 3.8) is 0 Å². The molecule has 0 saturated carbocycles. The van der Waals surface area contributed by atoms with Crippen LogP contribution in [0.5, 0.6) is 5.75 Å².